The molecule has 5 nitrogen and oxygen atoms in total. The molecule has 96 valence electrons. The van der Waals surface area contributed by atoms with Crippen molar-refractivity contribution in [3.63, 3.8) is 0 Å². The van der Waals surface area contributed by atoms with Crippen LogP contribution in [0.4, 0.5) is 0 Å². The van der Waals surface area contributed by atoms with Gasteiger partial charge in [0.25, 0.3) is 0 Å². The second kappa shape index (κ2) is 5.82. The molecule has 1 aliphatic carbocycles. The van der Waals surface area contributed by atoms with E-state index in [0.29, 0.717) is 11.8 Å². The third-order valence-electron chi connectivity index (χ3n) is 3.63. The zero-order valence-electron chi connectivity index (χ0n) is 10.4. The van der Waals surface area contributed by atoms with Crippen molar-refractivity contribution in [2.75, 3.05) is 6.61 Å². The highest BCUT2D eigenvalue weighted by Crippen LogP contribution is 2.37. The number of aromatic nitrogens is 4. The average Bonchev–Trinajstić information content (AvgIpc) is 2.72. The lowest BCUT2D eigenvalue weighted by atomic mass is 9.81. The highest BCUT2D eigenvalue weighted by atomic mass is 32.2. The van der Waals surface area contributed by atoms with E-state index in [0.717, 1.165) is 17.0 Å². The van der Waals surface area contributed by atoms with Crippen LogP contribution < -0.4 is 0 Å². The van der Waals surface area contributed by atoms with Crippen molar-refractivity contribution in [1.82, 2.24) is 20.2 Å². The molecule has 0 amide bonds. The molecule has 17 heavy (non-hydrogen) atoms. The van der Waals surface area contributed by atoms with E-state index < -0.39 is 0 Å². The van der Waals surface area contributed by atoms with Gasteiger partial charge in [-0.3, -0.25) is 0 Å². The van der Waals surface area contributed by atoms with E-state index in [9.17, 15) is 0 Å². The standard InChI is InChI=1S/C11H20N4OS/c1-8-3-4-10(7-9(8)2)17-11-12-13-14-15(11)5-6-16/h8-10,16H,3-7H2,1-2H3. The summed E-state index contributed by atoms with van der Waals surface area (Å²) in [6.45, 7) is 5.22. The molecule has 1 aromatic rings. The van der Waals surface area contributed by atoms with E-state index in [1.807, 2.05) is 0 Å². The molecule has 0 bridgehead atoms. The fraction of sp³-hybridized carbons (Fsp3) is 0.909. The maximum absolute atomic E-state index is 8.92. The minimum atomic E-state index is 0.0801. The number of aliphatic hydroxyl groups excluding tert-OH is 1. The minimum absolute atomic E-state index is 0.0801. The molecule has 2 rings (SSSR count). The molecule has 3 atom stereocenters. The topological polar surface area (TPSA) is 63.8 Å². The Morgan fingerprint density at radius 1 is 1.35 bits per heavy atom. The molecule has 1 heterocycles. The van der Waals surface area contributed by atoms with E-state index in [-0.39, 0.29) is 6.61 Å². The minimum Gasteiger partial charge on any atom is -0.394 e. The van der Waals surface area contributed by atoms with Crippen molar-refractivity contribution < 1.29 is 5.11 Å². The monoisotopic (exact) mass is 256 g/mol. The highest BCUT2D eigenvalue weighted by Gasteiger charge is 2.26. The summed E-state index contributed by atoms with van der Waals surface area (Å²) in [5.74, 6) is 1.61. The van der Waals surface area contributed by atoms with E-state index >= 15 is 0 Å². The van der Waals surface area contributed by atoms with E-state index in [2.05, 4.69) is 29.4 Å². The molecule has 0 spiro atoms. The molecule has 1 aliphatic rings. The quantitative estimate of drug-likeness (QED) is 0.886. The third-order valence-corrected chi connectivity index (χ3v) is 4.90. The molecule has 6 heteroatoms. The van der Waals surface area contributed by atoms with Crippen LogP contribution in [0.25, 0.3) is 0 Å². The first kappa shape index (κ1) is 12.8. The summed E-state index contributed by atoms with van der Waals surface area (Å²) in [5, 5.41) is 22.0. The molecule has 0 aromatic carbocycles. The molecule has 0 aliphatic heterocycles. The summed E-state index contributed by atoms with van der Waals surface area (Å²) in [7, 11) is 0. The average molecular weight is 256 g/mol. The van der Waals surface area contributed by atoms with Gasteiger partial charge in [-0.1, -0.05) is 25.6 Å². The van der Waals surface area contributed by atoms with Crippen LogP contribution in [0.15, 0.2) is 5.16 Å². The third kappa shape index (κ3) is 3.19. The molecular formula is C11H20N4OS. The van der Waals surface area contributed by atoms with Crippen LogP contribution in [0.2, 0.25) is 0 Å². The smallest absolute Gasteiger partial charge is 0.209 e. The highest BCUT2D eigenvalue weighted by molar-refractivity contribution is 7.99. The number of thioether (sulfide) groups is 1. The second-order valence-corrected chi connectivity index (χ2v) is 6.18. The van der Waals surface area contributed by atoms with Gasteiger partial charge in [0.2, 0.25) is 5.16 Å². The lowest BCUT2D eigenvalue weighted by Crippen LogP contribution is -2.22. The summed E-state index contributed by atoms with van der Waals surface area (Å²) < 4.78 is 1.69. The van der Waals surface area contributed by atoms with Gasteiger partial charge in [-0.05, 0) is 41.5 Å². The Morgan fingerprint density at radius 2 is 2.18 bits per heavy atom. The molecule has 1 fully saturated rings. The van der Waals surface area contributed by atoms with Gasteiger partial charge in [-0.2, -0.15) is 0 Å². The van der Waals surface area contributed by atoms with Crippen molar-refractivity contribution in [3.8, 4) is 0 Å². The number of aliphatic hydroxyl groups is 1. The first-order chi connectivity index (χ1) is 8.20. The summed E-state index contributed by atoms with van der Waals surface area (Å²) in [5.41, 5.74) is 0. The lowest BCUT2D eigenvalue weighted by Gasteiger charge is -2.31. The molecule has 0 radical (unpaired) electrons. The van der Waals surface area contributed by atoms with Crippen LogP contribution in [-0.4, -0.2) is 37.2 Å². The van der Waals surface area contributed by atoms with Crippen molar-refractivity contribution in [2.24, 2.45) is 11.8 Å². The van der Waals surface area contributed by atoms with Gasteiger partial charge in [-0.15, -0.1) is 5.10 Å². The zero-order valence-corrected chi connectivity index (χ0v) is 11.2. The Hall–Kier alpha value is -0.620. The summed E-state index contributed by atoms with van der Waals surface area (Å²) in [4.78, 5) is 0. The van der Waals surface area contributed by atoms with E-state index in [1.165, 1.54) is 19.3 Å². The Bertz CT molecular complexity index is 357. The van der Waals surface area contributed by atoms with Gasteiger partial charge in [0, 0.05) is 5.25 Å². The van der Waals surface area contributed by atoms with Gasteiger partial charge in [0.1, 0.15) is 0 Å². The molecular weight excluding hydrogens is 236 g/mol. The molecule has 1 N–H and O–H groups in total. The number of rotatable bonds is 4. The van der Waals surface area contributed by atoms with Crippen molar-refractivity contribution in [3.05, 3.63) is 0 Å². The van der Waals surface area contributed by atoms with E-state index in [4.69, 9.17) is 5.11 Å². The Kier molecular flexibility index (Phi) is 4.39. The van der Waals surface area contributed by atoms with Crippen molar-refractivity contribution in [2.45, 2.75) is 50.1 Å². The largest absolute Gasteiger partial charge is 0.394 e. The fourth-order valence-corrected chi connectivity index (χ4v) is 3.56. The maximum Gasteiger partial charge on any atom is 0.209 e. The van der Waals surface area contributed by atoms with Gasteiger partial charge in [0.15, 0.2) is 0 Å². The van der Waals surface area contributed by atoms with Gasteiger partial charge >= 0.3 is 0 Å². The lowest BCUT2D eigenvalue weighted by molar-refractivity contribution is 0.262. The Labute approximate surface area is 106 Å². The summed E-state index contributed by atoms with van der Waals surface area (Å²) in [6, 6.07) is 0. The van der Waals surface area contributed by atoms with Crippen LogP contribution in [0.3, 0.4) is 0 Å². The number of tetrazole rings is 1. The normalized spacial score (nSPS) is 29.5. The number of hydrogen-bond donors (Lipinski definition) is 1. The van der Waals surface area contributed by atoms with Crippen LogP contribution in [-0.2, 0) is 6.54 Å². The zero-order chi connectivity index (χ0) is 12.3. The molecule has 1 saturated carbocycles. The molecule has 1 aromatic heterocycles. The first-order valence-electron chi connectivity index (χ1n) is 6.24. The number of hydrogen-bond acceptors (Lipinski definition) is 5. The first-order valence-corrected chi connectivity index (χ1v) is 7.12. The van der Waals surface area contributed by atoms with Crippen LogP contribution >= 0.6 is 11.8 Å². The van der Waals surface area contributed by atoms with Crippen LogP contribution in [0.5, 0.6) is 0 Å². The fourth-order valence-electron chi connectivity index (χ4n) is 2.27. The molecule has 3 unspecified atom stereocenters. The van der Waals surface area contributed by atoms with Crippen LogP contribution in [0.1, 0.15) is 33.1 Å². The Morgan fingerprint density at radius 3 is 2.88 bits per heavy atom. The predicted octanol–water partition coefficient (Wildman–Crippen LogP) is 1.58. The van der Waals surface area contributed by atoms with Gasteiger partial charge < -0.3 is 5.11 Å². The van der Waals surface area contributed by atoms with E-state index in [1.54, 1.807) is 16.4 Å². The Balaban J connectivity index is 1.94. The van der Waals surface area contributed by atoms with Crippen molar-refractivity contribution in [1.29, 1.82) is 0 Å². The van der Waals surface area contributed by atoms with Gasteiger partial charge in [0.05, 0.1) is 13.2 Å². The number of nitrogens with zero attached hydrogens (tertiary/aromatic N) is 4. The second-order valence-electron chi connectivity index (χ2n) is 4.92. The maximum atomic E-state index is 8.92. The van der Waals surface area contributed by atoms with Crippen LogP contribution in [0, 0.1) is 11.8 Å². The summed E-state index contributed by atoms with van der Waals surface area (Å²) >= 11 is 1.76. The predicted molar refractivity (Wildman–Crippen MR) is 66.7 cm³/mol. The SMILES string of the molecule is CC1CCC(Sc2nnnn2CCO)CC1C. The van der Waals surface area contributed by atoms with Gasteiger partial charge in [-0.25, -0.2) is 4.68 Å². The molecule has 0 saturated heterocycles. The summed E-state index contributed by atoms with van der Waals surface area (Å²) in [6.07, 6.45) is 3.76. The van der Waals surface area contributed by atoms with Crippen molar-refractivity contribution >= 4 is 11.8 Å².